The van der Waals surface area contributed by atoms with Crippen molar-refractivity contribution in [3.05, 3.63) is 288 Å². The summed E-state index contributed by atoms with van der Waals surface area (Å²) in [7, 11) is -3.84. The summed E-state index contributed by atoms with van der Waals surface area (Å²) in [5, 5.41) is 28.1. The monoisotopic (exact) mass is 1950 g/mol. The molecular formula is C99H106F3Ir2N4O7S-3. The maximum Gasteiger partial charge on any atom is 0.522 e. The van der Waals surface area contributed by atoms with Gasteiger partial charge in [-0.2, -0.15) is 21.6 Å². The molecule has 6 aromatic heterocycles. The van der Waals surface area contributed by atoms with Gasteiger partial charge in [-0.05, 0) is 188 Å². The van der Waals surface area contributed by atoms with Crippen LogP contribution in [0.5, 0.6) is 0 Å². The molecular weight excluding hydrogens is 1830 g/mol. The number of rotatable bonds is 6. The third kappa shape index (κ3) is 25.9. The molecule has 0 atom stereocenters. The Bertz CT molecular complexity index is 6260. The molecule has 0 aliphatic carbocycles. The van der Waals surface area contributed by atoms with Crippen molar-refractivity contribution in [2.75, 3.05) is 14.2 Å². The smallest absolute Gasteiger partial charge is 0.501 e. The number of aliphatic hydroxyl groups excluding tert-OH is 2. The first-order valence-corrected chi connectivity index (χ1v) is 37.9. The van der Waals surface area contributed by atoms with E-state index in [0.717, 1.165) is 103 Å². The molecule has 0 bridgehead atoms. The van der Waals surface area contributed by atoms with E-state index in [2.05, 4.69) is 141 Å². The zero-order valence-corrected chi connectivity index (χ0v) is 73.4. The van der Waals surface area contributed by atoms with Crippen molar-refractivity contribution in [1.29, 1.82) is 0 Å². The SMILES string of the molecule is CO.CO.O=S(=O)(O)C(F)(F)F.[2H]C(C)(C)C.[2H]C(C)(C)C.[2H]C([2H])([2H])c1c[c-]c(-c2cc(C)c(C([2H])([2H])C(C)(C)C)cn2)cc1.[2H]C([2H])([2H])c1c[c-]c(-c2cc(C)c(C([2H])([2H])C(C)(C)C)cn2)cc1.[2H]Cc1ccnc(-c2[c-]ccc3c2oc2cc4c(ccc5ccccc54)cc23)c1.[2H]Cc1ccnc(-c2cccc3c2oc2cc4c(ccc5ccccc54)cc23)c1.[Ir].[Ir]. The number of pyridine rings is 4. The number of hydrogen-bond acceptors (Lipinski definition) is 10. The molecule has 6 heterocycles. The first kappa shape index (κ1) is 75.1. The minimum absolute atomic E-state index is 0. The number of aryl methyl sites for hydroxylation is 6. The van der Waals surface area contributed by atoms with E-state index in [1.807, 2.05) is 158 Å². The van der Waals surface area contributed by atoms with E-state index < -0.39 is 52.9 Å². The molecule has 0 aliphatic rings. The first-order valence-electron chi connectivity index (χ1n) is 43.8. The summed E-state index contributed by atoms with van der Waals surface area (Å²) < 4.78 is 177. The number of aliphatic hydroxyl groups is 2. The number of halogens is 3. The van der Waals surface area contributed by atoms with Crippen molar-refractivity contribution < 1.29 is 105 Å². The van der Waals surface area contributed by atoms with Crippen LogP contribution in [0.15, 0.2) is 234 Å². The maximum atomic E-state index is 10.7. The van der Waals surface area contributed by atoms with Gasteiger partial charge in [-0.15, -0.1) is 89.0 Å². The van der Waals surface area contributed by atoms with Crippen LogP contribution in [0.2, 0.25) is 0 Å². The van der Waals surface area contributed by atoms with Gasteiger partial charge in [-0.3, -0.25) is 9.54 Å². The third-order valence-corrected chi connectivity index (χ3v) is 17.1. The van der Waals surface area contributed by atoms with Gasteiger partial charge in [0, 0.05) is 120 Å². The summed E-state index contributed by atoms with van der Waals surface area (Å²) in [6.45, 7) is 22.2. The van der Waals surface area contributed by atoms with Gasteiger partial charge in [0.2, 0.25) is 0 Å². The number of alkyl halides is 3. The first-order chi connectivity index (χ1) is 59.6. The number of nitrogens with zero attached hydrogens (tertiary/aromatic N) is 4. The summed E-state index contributed by atoms with van der Waals surface area (Å²) in [5.74, 6) is -0.500. The van der Waals surface area contributed by atoms with E-state index in [9.17, 15) is 13.2 Å². The minimum atomic E-state index is -5.84. The second-order valence-electron chi connectivity index (χ2n) is 29.7. The van der Waals surface area contributed by atoms with Crippen LogP contribution >= 0.6 is 0 Å². The zero-order chi connectivity index (χ0) is 95.4. The second-order valence-corrected chi connectivity index (χ2v) is 31.1. The van der Waals surface area contributed by atoms with Crippen LogP contribution in [-0.4, -0.2) is 62.8 Å². The Balaban J connectivity index is 0.000000247. The van der Waals surface area contributed by atoms with Crippen molar-refractivity contribution in [2.24, 2.45) is 22.6 Å². The fourth-order valence-electron chi connectivity index (χ4n) is 11.8. The van der Waals surface area contributed by atoms with Gasteiger partial charge in [0.05, 0.1) is 11.3 Å². The minimum Gasteiger partial charge on any atom is -0.501 e. The molecule has 0 amide bonds. The van der Waals surface area contributed by atoms with E-state index in [-0.39, 0.29) is 76.9 Å². The summed E-state index contributed by atoms with van der Waals surface area (Å²) in [4.78, 5) is 17.8. The standard InChI is InChI=1S/C26H17NO.C26H16NO.2C18H22N.2C4H10.CHF3O3S.2CH4O.2Ir/c2*1-16-11-12-27-24(13-16)21-8-4-7-20-23-14-18-10-9-17-5-2-3-6-19(17)22(18)15-25(23)28-26(20)21;2*1-13-6-8-15(9-7-13)17-10-14(2)16(12-19-17)11-18(3,4)5;2*1-4(2)3;2-1(3,4)8(5,6)7;2*1-2;;/h2-15H,1H3;2-7,9-15H,1H3;2*6-8,10,12H,11H2,1-5H3;2*4H,1-3H3;(H,5,6,7);2*2H,1H3;;/q;3*-1;;;;;;;/i2*1D;2*1D3,11D2;2*4D;;;;;. The predicted octanol–water partition coefficient (Wildman–Crippen LogP) is 26.8. The fourth-order valence-corrected chi connectivity index (χ4v) is 11.8. The second kappa shape index (κ2) is 42.5. The summed E-state index contributed by atoms with van der Waals surface area (Å²) in [6, 6.07) is 74.4. The number of fused-ring (bicyclic) bond motifs is 12. The molecule has 0 saturated carbocycles. The topological polar surface area (TPSA) is 173 Å². The molecule has 11 nitrogen and oxygen atoms in total. The van der Waals surface area contributed by atoms with Gasteiger partial charge < -0.3 is 34.0 Å². The van der Waals surface area contributed by atoms with E-state index >= 15 is 0 Å². The van der Waals surface area contributed by atoms with E-state index in [0.29, 0.717) is 33.6 Å². The largest absolute Gasteiger partial charge is 0.522 e. The Labute approximate surface area is 729 Å². The van der Waals surface area contributed by atoms with Gasteiger partial charge >= 0.3 is 15.6 Å². The molecule has 0 spiro atoms. The molecule has 17 heteroatoms. The fraction of sp³-hybridized carbons (Fsp3) is 0.273. The molecule has 0 aliphatic heterocycles. The van der Waals surface area contributed by atoms with E-state index in [1.165, 1.54) is 55.2 Å². The average Bonchev–Trinajstić information content (AvgIpc) is 1.59. The van der Waals surface area contributed by atoms with Crippen LogP contribution in [0.3, 0.4) is 0 Å². The Morgan fingerprint density at radius 3 is 1.27 bits per heavy atom. The van der Waals surface area contributed by atoms with E-state index in [4.69, 9.17) is 51.2 Å². The molecule has 10 aromatic carbocycles. The van der Waals surface area contributed by atoms with Crippen LogP contribution in [-0.2, 0) is 63.1 Å². The van der Waals surface area contributed by atoms with Crippen LogP contribution in [0.1, 0.15) is 147 Å². The maximum absolute atomic E-state index is 10.7. The molecule has 16 rings (SSSR count). The Hall–Kier alpha value is -9.64. The Kier molecular flexibility index (Phi) is 27.5. The molecule has 612 valence electrons. The van der Waals surface area contributed by atoms with Gasteiger partial charge in [0.15, 0.2) is 0 Å². The van der Waals surface area contributed by atoms with Gasteiger partial charge in [-0.1, -0.05) is 228 Å². The van der Waals surface area contributed by atoms with Crippen molar-refractivity contribution in [3.63, 3.8) is 0 Å². The van der Waals surface area contributed by atoms with Crippen LogP contribution in [0, 0.1) is 82.2 Å². The molecule has 0 saturated heterocycles. The van der Waals surface area contributed by atoms with Gasteiger partial charge in [0.1, 0.15) is 16.7 Å². The molecule has 116 heavy (non-hydrogen) atoms. The molecule has 3 N–H and O–H groups in total. The van der Waals surface area contributed by atoms with Crippen molar-refractivity contribution >= 4 is 97.1 Å². The van der Waals surface area contributed by atoms with Crippen molar-refractivity contribution in [1.82, 2.24) is 19.9 Å². The quantitative estimate of drug-likeness (QED) is 0.0626. The normalized spacial score (nSPS) is 13.6. The summed E-state index contributed by atoms with van der Waals surface area (Å²) >= 11 is 0. The number of para-hydroxylation sites is 1. The number of hydrogen-bond donors (Lipinski definition) is 3. The number of furan rings is 2. The van der Waals surface area contributed by atoms with Crippen molar-refractivity contribution in [2.45, 2.75) is 143 Å². The molecule has 0 fully saturated rings. The summed E-state index contributed by atoms with van der Waals surface area (Å²) in [5.41, 5.74) is 7.96. The van der Waals surface area contributed by atoms with Gasteiger partial charge in [0.25, 0.3) is 0 Å². The summed E-state index contributed by atoms with van der Waals surface area (Å²) in [6.07, 6.45) is 3.65. The van der Waals surface area contributed by atoms with Crippen LogP contribution in [0.4, 0.5) is 13.2 Å². The molecule has 2 radical (unpaired) electrons. The molecule has 16 aromatic rings. The Morgan fingerprint density at radius 1 is 0.457 bits per heavy atom. The third-order valence-electron chi connectivity index (χ3n) is 16.6. The van der Waals surface area contributed by atoms with Gasteiger partial charge in [-0.25, -0.2) is 0 Å². The van der Waals surface area contributed by atoms with Crippen molar-refractivity contribution in [3.8, 4) is 45.0 Å². The van der Waals surface area contributed by atoms with E-state index in [1.54, 1.807) is 49.1 Å². The Morgan fingerprint density at radius 2 is 0.862 bits per heavy atom. The zero-order valence-electron chi connectivity index (χ0n) is 81.7. The van der Waals surface area contributed by atoms with Crippen LogP contribution in [0.25, 0.3) is 132 Å². The van der Waals surface area contributed by atoms with Crippen LogP contribution < -0.4 is 0 Å². The predicted molar refractivity (Wildman–Crippen MR) is 469 cm³/mol. The molecule has 0 unspecified atom stereocenters. The number of benzene rings is 10. The number of aromatic nitrogens is 4. The average molecular weight is 1950 g/mol.